The van der Waals surface area contributed by atoms with Gasteiger partial charge in [-0.25, -0.2) is 4.98 Å². The molecule has 0 atom stereocenters. The number of aromatic nitrogens is 1. The Kier molecular flexibility index (Phi) is 5.28. The number of carbonyl (C=O) groups is 1. The first-order chi connectivity index (χ1) is 12.1. The van der Waals surface area contributed by atoms with Crippen LogP contribution in [-0.2, 0) is 0 Å². The van der Waals surface area contributed by atoms with E-state index in [0.29, 0.717) is 35.3 Å². The van der Waals surface area contributed by atoms with E-state index in [1.54, 1.807) is 38.6 Å². The molecule has 1 fully saturated rings. The van der Waals surface area contributed by atoms with Crippen LogP contribution in [0.4, 0.5) is 5.69 Å². The normalized spacial score (nSPS) is 14.4. The standard InChI is InChI=1S/C18H20ClN3O3/c1-24-15-9-13(10-16(12-15)25-2)18(23)22-7-5-21(6-8-22)14-3-4-20-17(19)11-14/h3-4,9-12H,5-8H2,1-2H3. The summed E-state index contributed by atoms with van der Waals surface area (Å²) in [6.07, 6.45) is 1.69. The maximum Gasteiger partial charge on any atom is 0.254 e. The summed E-state index contributed by atoms with van der Waals surface area (Å²) in [5.74, 6) is 1.19. The summed E-state index contributed by atoms with van der Waals surface area (Å²) >= 11 is 5.95. The van der Waals surface area contributed by atoms with Crippen LogP contribution in [0, 0.1) is 0 Å². The molecule has 0 unspecified atom stereocenters. The fraction of sp³-hybridized carbons (Fsp3) is 0.333. The zero-order valence-electron chi connectivity index (χ0n) is 14.2. The van der Waals surface area contributed by atoms with E-state index >= 15 is 0 Å². The summed E-state index contributed by atoms with van der Waals surface area (Å²) in [6.45, 7) is 2.76. The van der Waals surface area contributed by atoms with Crippen molar-refractivity contribution in [2.24, 2.45) is 0 Å². The van der Waals surface area contributed by atoms with Gasteiger partial charge in [-0.3, -0.25) is 4.79 Å². The van der Waals surface area contributed by atoms with E-state index in [1.165, 1.54) is 0 Å². The number of pyridine rings is 1. The van der Waals surface area contributed by atoms with E-state index < -0.39 is 0 Å². The largest absolute Gasteiger partial charge is 0.497 e. The lowest BCUT2D eigenvalue weighted by molar-refractivity contribution is 0.0746. The molecule has 6 nitrogen and oxygen atoms in total. The van der Waals surface area contributed by atoms with Crippen LogP contribution >= 0.6 is 11.6 Å². The van der Waals surface area contributed by atoms with E-state index in [0.717, 1.165) is 18.8 Å². The first-order valence-electron chi connectivity index (χ1n) is 7.99. The van der Waals surface area contributed by atoms with Crippen molar-refractivity contribution in [2.45, 2.75) is 0 Å². The van der Waals surface area contributed by atoms with Gasteiger partial charge in [0.05, 0.1) is 14.2 Å². The second-order valence-corrected chi connectivity index (χ2v) is 6.10. The highest BCUT2D eigenvalue weighted by Crippen LogP contribution is 2.24. The number of hydrogen-bond acceptors (Lipinski definition) is 5. The summed E-state index contributed by atoms with van der Waals surface area (Å²) in [4.78, 5) is 20.8. The molecule has 0 bridgehead atoms. The van der Waals surface area contributed by atoms with Crippen molar-refractivity contribution >= 4 is 23.2 Å². The summed E-state index contributed by atoms with van der Waals surface area (Å²) in [5, 5.41) is 0.472. The molecule has 0 aliphatic carbocycles. The van der Waals surface area contributed by atoms with Crippen LogP contribution in [0.25, 0.3) is 0 Å². The van der Waals surface area contributed by atoms with Gasteiger partial charge >= 0.3 is 0 Å². The lowest BCUT2D eigenvalue weighted by Gasteiger charge is -2.36. The van der Waals surface area contributed by atoms with Crippen molar-refractivity contribution in [2.75, 3.05) is 45.3 Å². The maximum absolute atomic E-state index is 12.8. The van der Waals surface area contributed by atoms with E-state index in [-0.39, 0.29) is 5.91 Å². The van der Waals surface area contributed by atoms with Crippen molar-refractivity contribution in [3.63, 3.8) is 0 Å². The van der Waals surface area contributed by atoms with Gasteiger partial charge in [-0.15, -0.1) is 0 Å². The maximum atomic E-state index is 12.8. The Morgan fingerprint density at radius 2 is 1.68 bits per heavy atom. The fourth-order valence-electron chi connectivity index (χ4n) is 2.87. The van der Waals surface area contributed by atoms with E-state index in [1.807, 2.05) is 17.0 Å². The Morgan fingerprint density at radius 1 is 1.04 bits per heavy atom. The smallest absolute Gasteiger partial charge is 0.254 e. The highest BCUT2D eigenvalue weighted by atomic mass is 35.5. The van der Waals surface area contributed by atoms with Gasteiger partial charge in [-0.1, -0.05) is 11.6 Å². The molecule has 1 aliphatic rings. The minimum atomic E-state index is -0.0235. The number of methoxy groups -OCH3 is 2. The number of nitrogens with zero attached hydrogens (tertiary/aromatic N) is 3. The molecule has 0 N–H and O–H groups in total. The predicted octanol–water partition coefficient (Wildman–Crippen LogP) is 2.71. The molecule has 3 rings (SSSR count). The van der Waals surface area contributed by atoms with Crippen LogP contribution in [0.1, 0.15) is 10.4 Å². The third-order valence-electron chi connectivity index (χ3n) is 4.24. The van der Waals surface area contributed by atoms with E-state index in [2.05, 4.69) is 9.88 Å². The molecule has 1 amide bonds. The molecular weight excluding hydrogens is 342 g/mol. The number of ether oxygens (including phenoxy) is 2. The van der Waals surface area contributed by atoms with Gasteiger partial charge in [0.1, 0.15) is 16.7 Å². The SMILES string of the molecule is COc1cc(OC)cc(C(=O)N2CCN(c3ccnc(Cl)c3)CC2)c1. The minimum absolute atomic E-state index is 0.0235. The molecule has 1 saturated heterocycles. The minimum Gasteiger partial charge on any atom is -0.497 e. The number of piperazine rings is 1. The predicted molar refractivity (Wildman–Crippen MR) is 96.9 cm³/mol. The third-order valence-corrected chi connectivity index (χ3v) is 4.45. The molecular formula is C18H20ClN3O3. The highest BCUT2D eigenvalue weighted by Gasteiger charge is 2.23. The Hall–Kier alpha value is -2.47. The highest BCUT2D eigenvalue weighted by molar-refractivity contribution is 6.29. The Balaban J connectivity index is 1.69. The van der Waals surface area contributed by atoms with Crippen molar-refractivity contribution in [3.8, 4) is 11.5 Å². The van der Waals surface area contributed by atoms with Crippen molar-refractivity contribution in [1.82, 2.24) is 9.88 Å². The molecule has 1 aromatic heterocycles. The zero-order chi connectivity index (χ0) is 17.8. The topological polar surface area (TPSA) is 54.9 Å². The molecule has 1 aliphatic heterocycles. The Morgan fingerprint density at radius 3 is 2.24 bits per heavy atom. The number of benzene rings is 1. The summed E-state index contributed by atoms with van der Waals surface area (Å²) in [6, 6.07) is 8.99. The first kappa shape index (κ1) is 17.4. The lowest BCUT2D eigenvalue weighted by atomic mass is 10.1. The number of halogens is 1. The van der Waals surface area contributed by atoms with Gasteiger partial charge in [-0.2, -0.15) is 0 Å². The number of carbonyl (C=O) groups excluding carboxylic acids is 1. The fourth-order valence-corrected chi connectivity index (χ4v) is 3.04. The quantitative estimate of drug-likeness (QED) is 0.784. The Labute approximate surface area is 151 Å². The van der Waals surface area contributed by atoms with Crippen LogP contribution < -0.4 is 14.4 Å². The average Bonchev–Trinajstić information content (AvgIpc) is 2.67. The molecule has 132 valence electrons. The summed E-state index contributed by atoms with van der Waals surface area (Å²) < 4.78 is 10.5. The van der Waals surface area contributed by atoms with Crippen LogP contribution in [0.5, 0.6) is 11.5 Å². The van der Waals surface area contributed by atoms with Gasteiger partial charge in [-0.05, 0) is 24.3 Å². The molecule has 7 heteroatoms. The van der Waals surface area contributed by atoms with Crippen molar-refractivity contribution < 1.29 is 14.3 Å². The number of hydrogen-bond donors (Lipinski definition) is 0. The molecule has 25 heavy (non-hydrogen) atoms. The van der Waals surface area contributed by atoms with Crippen molar-refractivity contribution in [1.29, 1.82) is 0 Å². The molecule has 0 radical (unpaired) electrons. The average molecular weight is 362 g/mol. The molecule has 1 aromatic carbocycles. The van der Waals surface area contributed by atoms with Gasteiger partial charge in [0.2, 0.25) is 0 Å². The number of anilines is 1. The second kappa shape index (κ2) is 7.61. The van der Waals surface area contributed by atoms with Crippen LogP contribution in [0.2, 0.25) is 5.15 Å². The third kappa shape index (κ3) is 3.96. The Bertz CT molecular complexity index is 739. The second-order valence-electron chi connectivity index (χ2n) is 5.72. The van der Waals surface area contributed by atoms with Crippen molar-refractivity contribution in [3.05, 3.63) is 47.2 Å². The van der Waals surface area contributed by atoms with Crippen LogP contribution in [0.3, 0.4) is 0 Å². The molecule has 0 saturated carbocycles. The lowest BCUT2D eigenvalue weighted by Crippen LogP contribution is -2.48. The van der Waals surface area contributed by atoms with Crippen LogP contribution in [-0.4, -0.2) is 56.2 Å². The van der Waals surface area contributed by atoms with Gasteiger partial charge < -0.3 is 19.3 Å². The van der Waals surface area contributed by atoms with E-state index in [9.17, 15) is 4.79 Å². The van der Waals surface area contributed by atoms with Gasteiger partial charge in [0.15, 0.2) is 0 Å². The van der Waals surface area contributed by atoms with Gasteiger partial charge in [0, 0.05) is 49.7 Å². The molecule has 2 aromatic rings. The summed E-state index contributed by atoms with van der Waals surface area (Å²) in [7, 11) is 3.14. The molecule has 2 heterocycles. The van der Waals surface area contributed by atoms with Gasteiger partial charge in [0.25, 0.3) is 5.91 Å². The van der Waals surface area contributed by atoms with Crippen LogP contribution in [0.15, 0.2) is 36.5 Å². The summed E-state index contributed by atoms with van der Waals surface area (Å²) in [5.41, 5.74) is 1.59. The number of amides is 1. The zero-order valence-corrected chi connectivity index (χ0v) is 15.0. The van der Waals surface area contributed by atoms with E-state index in [4.69, 9.17) is 21.1 Å². The monoisotopic (exact) mass is 361 g/mol. The molecule has 0 spiro atoms. The number of rotatable bonds is 4. The first-order valence-corrected chi connectivity index (χ1v) is 8.37.